The molecule has 1 amide bonds. The number of anilines is 1. The Bertz CT molecular complexity index is 1040. The lowest BCUT2D eigenvalue weighted by molar-refractivity contribution is -0.117. The number of benzene rings is 1. The minimum Gasteiger partial charge on any atom is -0.464 e. The second-order valence-electron chi connectivity index (χ2n) is 8.31. The molecule has 8 heteroatoms. The summed E-state index contributed by atoms with van der Waals surface area (Å²) in [5.41, 5.74) is 1.33. The van der Waals surface area contributed by atoms with Crippen molar-refractivity contribution in [3.05, 3.63) is 59.5 Å². The van der Waals surface area contributed by atoms with Crippen molar-refractivity contribution in [3.63, 3.8) is 0 Å². The second-order valence-corrected chi connectivity index (χ2v) is 8.75. The van der Waals surface area contributed by atoms with Crippen LogP contribution in [-0.2, 0) is 11.3 Å². The Morgan fingerprint density at radius 1 is 1.33 bits per heavy atom. The SMILES string of the molecule is CC1CC1c1ccc(CN(CC(=O)Nc2cc(Cl)ccc2-n2cncn2)C2CC2)o1. The highest BCUT2D eigenvalue weighted by atomic mass is 35.5. The molecule has 30 heavy (non-hydrogen) atoms. The van der Waals surface area contributed by atoms with Crippen LogP contribution in [0.15, 0.2) is 47.4 Å². The molecule has 1 aromatic carbocycles. The molecular formula is C22H24ClN5O2. The van der Waals surface area contributed by atoms with Crippen molar-refractivity contribution in [3.8, 4) is 5.69 Å². The molecule has 1 N–H and O–H groups in total. The van der Waals surface area contributed by atoms with E-state index in [0.29, 0.717) is 41.7 Å². The lowest BCUT2D eigenvalue weighted by Crippen LogP contribution is -2.34. The maximum absolute atomic E-state index is 12.9. The van der Waals surface area contributed by atoms with Crippen LogP contribution in [0.5, 0.6) is 0 Å². The smallest absolute Gasteiger partial charge is 0.238 e. The first-order valence-corrected chi connectivity index (χ1v) is 10.7. The lowest BCUT2D eigenvalue weighted by Gasteiger charge is -2.20. The van der Waals surface area contributed by atoms with Gasteiger partial charge in [0.1, 0.15) is 24.2 Å². The zero-order valence-electron chi connectivity index (χ0n) is 16.8. The number of nitrogens with zero attached hydrogens (tertiary/aromatic N) is 4. The van der Waals surface area contributed by atoms with E-state index in [0.717, 1.165) is 30.0 Å². The average molecular weight is 426 g/mol. The van der Waals surface area contributed by atoms with E-state index in [1.165, 1.54) is 12.7 Å². The number of amides is 1. The number of hydrogen-bond donors (Lipinski definition) is 1. The van der Waals surface area contributed by atoms with Gasteiger partial charge in [-0.25, -0.2) is 9.67 Å². The number of nitrogens with one attached hydrogen (secondary N) is 1. The van der Waals surface area contributed by atoms with Crippen LogP contribution in [0, 0.1) is 5.92 Å². The van der Waals surface area contributed by atoms with Gasteiger partial charge in [0, 0.05) is 17.0 Å². The lowest BCUT2D eigenvalue weighted by atomic mass is 10.2. The molecule has 3 aromatic rings. The van der Waals surface area contributed by atoms with Crippen molar-refractivity contribution >= 4 is 23.2 Å². The van der Waals surface area contributed by atoms with Gasteiger partial charge >= 0.3 is 0 Å². The summed E-state index contributed by atoms with van der Waals surface area (Å²) >= 11 is 6.16. The van der Waals surface area contributed by atoms with Crippen LogP contribution in [-0.4, -0.2) is 38.2 Å². The van der Waals surface area contributed by atoms with Crippen LogP contribution < -0.4 is 5.32 Å². The highest BCUT2D eigenvalue weighted by molar-refractivity contribution is 6.31. The summed E-state index contributed by atoms with van der Waals surface area (Å²) in [5.74, 6) is 3.19. The van der Waals surface area contributed by atoms with Gasteiger partial charge in [0.2, 0.25) is 5.91 Å². The van der Waals surface area contributed by atoms with Crippen molar-refractivity contribution in [1.82, 2.24) is 19.7 Å². The molecular weight excluding hydrogens is 402 g/mol. The Morgan fingerprint density at radius 3 is 2.87 bits per heavy atom. The topological polar surface area (TPSA) is 76.2 Å². The van der Waals surface area contributed by atoms with E-state index in [1.54, 1.807) is 23.1 Å². The molecule has 156 valence electrons. The van der Waals surface area contributed by atoms with E-state index in [1.807, 2.05) is 12.1 Å². The molecule has 0 bridgehead atoms. The van der Waals surface area contributed by atoms with Crippen molar-refractivity contribution in [2.75, 3.05) is 11.9 Å². The summed E-state index contributed by atoms with van der Waals surface area (Å²) in [5, 5.41) is 7.69. The number of carbonyl (C=O) groups excluding carboxylic acids is 1. The minimum absolute atomic E-state index is 0.0897. The maximum Gasteiger partial charge on any atom is 0.238 e. The van der Waals surface area contributed by atoms with E-state index in [2.05, 4.69) is 33.3 Å². The van der Waals surface area contributed by atoms with Gasteiger partial charge in [0.15, 0.2) is 0 Å². The van der Waals surface area contributed by atoms with E-state index >= 15 is 0 Å². The van der Waals surface area contributed by atoms with Crippen LogP contribution >= 0.6 is 11.6 Å². The van der Waals surface area contributed by atoms with E-state index < -0.39 is 0 Å². The predicted octanol–water partition coefficient (Wildman–Crippen LogP) is 4.24. The van der Waals surface area contributed by atoms with Crippen LogP contribution in [0.25, 0.3) is 5.69 Å². The largest absolute Gasteiger partial charge is 0.464 e. The normalized spacial score (nSPS) is 20.5. The zero-order valence-corrected chi connectivity index (χ0v) is 17.5. The summed E-state index contributed by atoms with van der Waals surface area (Å²) in [6.45, 7) is 3.19. The summed E-state index contributed by atoms with van der Waals surface area (Å²) in [7, 11) is 0. The van der Waals surface area contributed by atoms with Gasteiger partial charge in [-0.05, 0) is 55.5 Å². The van der Waals surface area contributed by atoms with Crippen LogP contribution in [0.3, 0.4) is 0 Å². The molecule has 2 unspecified atom stereocenters. The first-order valence-electron chi connectivity index (χ1n) is 10.3. The molecule has 2 fully saturated rings. The molecule has 2 aliphatic rings. The molecule has 0 saturated heterocycles. The summed E-state index contributed by atoms with van der Waals surface area (Å²) in [6.07, 6.45) is 6.47. The zero-order chi connectivity index (χ0) is 20.7. The third-order valence-corrected chi connectivity index (χ3v) is 6.06. The highest BCUT2D eigenvalue weighted by Crippen LogP contribution is 2.47. The molecule has 2 aliphatic carbocycles. The first-order chi connectivity index (χ1) is 14.6. The molecule has 0 aliphatic heterocycles. The third kappa shape index (κ3) is 4.27. The van der Waals surface area contributed by atoms with Crippen molar-refractivity contribution in [2.45, 2.75) is 44.7 Å². The molecule has 5 rings (SSSR count). The first kappa shape index (κ1) is 19.3. The number of rotatable bonds is 8. The van der Waals surface area contributed by atoms with Crippen LogP contribution in [0.2, 0.25) is 5.02 Å². The summed E-state index contributed by atoms with van der Waals surface area (Å²) in [4.78, 5) is 19.0. The van der Waals surface area contributed by atoms with Gasteiger partial charge in [-0.3, -0.25) is 9.69 Å². The van der Waals surface area contributed by atoms with E-state index in [4.69, 9.17) is 16.0 Å². The van der Waals surface area contributed by atoms with Crippen LogP contribution in [0.4, 0.5) is 5.69 Å². The average Bonchev–Trinajstić information content (AvgIpc) is 3.57. The predicted molar refractivity (Wildman–Crippen MR) is 114 cm³/mol. The molecule has 0 spiro atoms. The standard InChI is InChI=1S/C22H24ClN5O2/c1-14-8-18(14)21-7-5-17(30-21)10-27(16-3-4-16)11-22(29)26-19-9-15(23)2-6-20(19)28-13-24-12-25-28/h2,5-7,9,12-14,16,18H,3-4,8,10-11H2,1H3,(H,26,29). The van der Waals surface area contributed by atoms with Crippen molar-refractivity contribution in [1.29, 1.82) is 0 Å². The van der Waals surface area contributed by atoms with Crippen molar-refractivity contribution in [2.24, 2.45) is 5.92 Å². The number of furan rings is 1. The Labute approximate surface area is 180 Å². The Hall–Kier alpha value is -2.64. The number of halogens is 1. The molecule has 2 atom stereocenters. The number of aromatic nitrogens is 3. The molecule has 7 nitrogen and oxygen atoms in total. The third-order valence-electron chi connectivity index (χ3n) is 5.82. The second kappa shape index (κ2) is 7.89. The highest BCUT2D eigenvalue weighted by Gasteiger charge is 2.37. The summed E-state index contributed by atoms with van der Waals surface area (Å²) in [6, 6.07) is 9.87. The minimum atomic E-state index is -0.0897. The van der Waals surface area contributed by atoms with E-state index in [-0.39, 0.29) is 5.91 Å². The van der Waals surface area contributed by atoms with Gasteiger partial charge < -0.3 is 9.73 Å². The quantitative estimate of drug-likeness (QED) is 0.584. The van der Waals surface area contributed by atoms with Gasteiger partial charge in [-0.15, -0.1) is 0 Å². The molecule has 2 heterocycles. The van der Waals surface area contributed by atoms with Gasteiger partial charge in [0.25, 0.3) is 0 Å². The number of hydrogen-bond acceptors (Lipinski definition) is 5. The Balaban J connectivity index is 1.27. The van der Waals surface area contributed by atoms with Gasteiger partial charge in [-0.1, -0.05) is 18.5 Å². The fourth-order valence-electron chi connectivity index (χ4n) is 3.87. The fourth-order valence-corrected chi connectivity index (χ4v) is 4.04. The van der Waals surface area contributed by atoms with E-state index in [9.17, 15) is 4.79 Å². The Morgan fingerprint density at radius 2 is 2.17 bits per heavy atom. The number of carbonyl (C=O) groups is 1. The summed E-state index contributed by atoms with van der Waals surface area (Å²) < 4.78 is 7.67. The Kier molecular flexibility index (Phi) is 5.08. The van der Waals surface area contributed by atoms with Crippen LogP contribution in [0.1, 0.15) is 43.6 Å². The monoisotopic (exact) mass is 425 g/mol. The maximum atomic E-state index is 12.9. The van der Waals surface area contributed by atoms with Gasteiger partial charge in [-0.2, -0.15) is 5.10 Å². The van der Waals surface area contributed by atoms with Crippen molar-refractivity contribution < 1.29 is 9.21 Å². The fraction of sp³-hybridized carbons (Fsp3) is 0.409. The molecule has 0 radical (unpaired) electrons. The van der Waals surface area contributed by atoms with Gasteiger partial charge in [0.05, 0.1) is 24.5 Å². The molecule has 2 saturated carbocycles. The molecule has 2 aromatic heterocycles.